The van der Waals surface area contributed by atoms with Gasteiger partial charge < -0.3 is 10.3 Å². The normalized spacial score (nSPS) is 12.4. The Hall–Kier alpha value is -2.10. The number of para-hydroxylation sites is 1. The van der Waals surface area contributed by atoms with Crippen molar-refractivity contribution in [3.05, 3.63) is 70.9 Å². The highest BCUT2D eigenvalue weighted by atomic mass is 35.5. The number of benzene rings is 2. The summed E-state index contributed by atoms with van der Waals surface area (Å²) in [4.78, 5) is 15.8. The summed E-state index contributed by atoms with van der Waals surface area (Å²) in [6.45, 7) is 2.66. The molecule has 1 atom stereocenters. The predicted octanol–water partition coefficient (Wildman–Crippen LogP) is 4.22. The number of aromatic amines is 1. The van der Waals surface area contributed by atoms with Crippen LogP contribution >= 0.6 is 11.6 Å². The maximum atomic E-state index is 12.6. The van der Waals surface area contributed by atoms with Crippen LogP contribution in [-0.2, 0) is 6.42 Å². The minimum absolute atomic E-state index is 0.110. The number of rotatable bonds is 6. The first-order chi connectivity index (χ1) is 11.1. The molecule has 1 heterocycles. The van der Waals surface area contributed by atoms with Gasteiger partial charge in [-0.05, 0) is 43.7 Å². The Morgan fingerprint density at radius 1 is 1.17 bits per heavy atom. The number of hydrogen-bond acceptors (Lipinski definition) is 2. The van der Waals surface area contributed by atoms with Crippen molar-refractivity contribution >= 4 is 28.3 Å². The quantitative estimate of drug-likeness (QED) is 0.666. The minimum Gasteiger partial charge on any atom is -0.360 e. The Morgan fingerprint density at radius 3 is 2.70 bits per heavy atom. The summed E-state index contributed by atoms with van der Waals surface area (Å²) in [6.07, 6.45) is 2.66. The molecule has 0 bridgehead atoms. The molecular weight excluding hydrogens is 308 g/mol. The first-order valence-corrected chi connectivity index (χ1v) is 8.11. The van der Waals surface area contributed by atoms with Gasteiger partial charge in [-0.1, -0.05) is 41.9 Å². The molecule has 4 heteroatoms. The number of carbonyl (C=O) groups is 1. The molecule has 0 aliphatic carbocycles. The lowest BCUT2D eigenvalue weighted by Crippen LogP contribution is -2.35. The summed E-state index contributed by atoms with van der Waals surface area (Å²) in [5.41, 5.74) is 2.94. The van der Waals surface area contributed by atoms with Gasteiger partial charge in [-0.3, -0.25) is 4.79 Å². The number of H-pyrrole nitrogens is 1. The first-order valence-electron chi connectivity index (χ1n) is 7.73. The number of hydrogen-bond donors (Lipinski definition) is 2. The zero-order chi connectivity index (χ0) is 16.2. The van der Waals surface area contributed by atoms with E-state index in [4.69, 9.17) is 11.6 Å². The van der Waals surface area contributed by atoms with E-state index in [9.17, 15) is 4.79 Å². The van der Waals surface area contributed by atoms with Crippen LogP contribution in [0.5, 0.6) is 0 Å². The van der Waals surface area contributed by atoms with E-state index in [0.29, 0.717) is 0 Å². The molecule has 3 rings (SSSR count). The number of aromatic nitrogens is 1. The van der Waals surface area contributed by atoms with Gasteiger partial charge in [0.15, 0.2) is 5.78 Å². The largest absolute Gasteiger partial charge is 0.360 e. The lowest BCUT2D eigenvalue weighted by atomic mass is 10.0. The van der Waals surface area contributed by atoms with Gasteiger partial charge in [0, 0.05) is 27.7 Å². The maximum absolute atomic E-state index is 12.6. The molecule has 1 unspecified atom stereocenters. The molecule has 3 aromatic rings. The topological polar surface area (TPSA) is 44.9 Å². The van der Waals surface area contributed by atoms with E-state index in [1.165, 1.54) is 5.56 Å². The van der Waals surface area contributed by atoms with Crippen LogP contribution in [0, 0.1) is 0 Å². The van der Waals surface area contributed by atoms with Gasteiger partial charge in [-0.15, -0.1) is 0 Å². The molecule has 1 aromatic heterocycles. The van der Waals surface area contributed by atoms with Gasteiger partial charge >= 0.3 is 0 Å². The van der Waals surface area contributed by atoms with E-state index in [0.717, 1.165) is 34.5 Å². The van der Waals surface area contributed by atoms with Crippen LogP contribution in [-0.4, -0.2) is 23.4 Å². The molecule has 2 N–H and O–H groups in total. The highest BCUT2D eigenvalue weighted by Crippen LogP contribution is 2.19. The smallest absolute Gasteiger partial charge is 0.181 e. The third-order valence-corrected chi connectivity index (χ3v) is 4.28. The molecular formula is C19H19ClN2O. The molecule has 0 aliphatic rings. The lowest BCUT2D eigenvalue weighted by Gasteiger charge is -2.12. The number of fused-ring (bicyclic) bond motifs is 1. The SMILES string of the molecule is CC(NCCc1ccc(Cl)cc1)C(=O)c1c[nH]c2ccccc12. The maximum Gasteiger partial charge on any atom is 0.181 e. The van der Waals surface area contributed by atoms with E-state index < -0.39 is 0 Å². The van der Waals surface area contributed by atoms with Gasteiger partial charge in [-0.25, -0.2) is 0 Å². The Morgan fingerprint density at radius 2 is 1.91 bits per heavy atom. The van der Waals surface area contributed by atoms with E-state index in [1.807, 2.05) is 55.5 Å². The van der Waals surface area contributed by atoms with Crippen LogP contribution in [0.1, 0.15) is 22.8 Å². The van der Waals surface area contributed by atoms with Gasteiger partial charge in [0.25, 0.3) is 0 Å². The Bertz CT molecular complexity index is 808. The van der Waals surface area contributed by atoms with E-state index in [1.54, 1.807) is 6.20 Å². The standard InChI is InChI=1S/C19H19ClN2O/c1-13(21-11-10-14-6-8-15(20)9-7-14)19(23)17-12-22-18-5-3-2-4-16(17)18/h2-9,12-13,21-22H,10-11H2,1H3. The highest BCUT2D eigenvalue weighted by molar-refractivity contribution is 6.30. The fourth-order valence-electron chi connectivity index (χ4n) is 2.69. The van der Waals surface area contributed by atoms with Crippen molar-refractivity contribution in [3.8, 4) is 0 Å². The van der Waals surface area contributed by atoms with Crippen molar-refractivity contribution in [1.29, 1.82) is 0 Å². The predicted molar refractivity (Wildman–Crippen MR) is 95.2 cm³/mol. The molecule has 0 saturated carbocycles. The van der Waals surface area contributed by atoms with Crippen LogP contribution in [0.3, 0.4) is 0 Å². The third-order valence-electron chi connectivity index (χ3n) is 4.03. The zero-order valence-electron chi connectivity index (χ0n) is 13.0. The van der Waals surface area contributed by atoms with E-state index >= 15 is 0 Å². The van der Waals surface area contributed by atoms with Gasteiger partial charge in [0.1, 0.15) is 0 Å². The summed E-state index contributed by atoms with van der Waals surface area (Å²) in [5, 5.41) is 5.02. The van der Waals surface area contributed by atoms with Gasteiger partial charge in [0.05, 0.1) is 6.04 Å². The summed E-state index contributed by atoms with van der Waals surface area (Å²) in [5.74, 6) is 0.110. The van der Waals surface area contributed by atoms with Crippen molar-refractivity contribution in [2.75, 3.05) is 6.54 Å². The average Bonchev–Trinajstić information content (AvgIpc) is 3.00. The molecule has 0 spiro atoms. The van der Waals surface area contributed by atoms with E-state index in [-0.39, 0.29) is 11.8 Å². The van der Waals surface area contributed by atoms with Crippen LogP contribution in [0.4, 0.5) is 0 Å². The summed E-state index contributed by atoms with van der Waals surface area (Å²) in [6, 6.07) is 15.4. The molecule has 0 aliphatic heterocycles. The van der Waals surface area contributed by atoms with Crippen molar-refractivity contribution < 1.29 is 4.79 Å². The summed E-state index contributed by atoms with van der Waals surface area (Å²) >= 11 is 5.88. The zero-order valence-corrected chi connectivity index (χ0v) is 13.7. The second kappa shape index (κ2) is 6.99. The van der Waals surface area contributed by atoms with Crippen LogP contribution in [0.25, 0.3) is 10.9 Å². The van der Waals surface area contributed by atoms with Gasteiger partial charge in [0.2, 0.25) is 0 Å². The Kier molecular flexibility index (Phi) is 4.79. The summed E-state index contributed by atoms with van der Waals surface area (Å²) < 4.78 is 0. The van der Waals surface area contributed by atoms with Crippen molar-refractivity contribution in [3.63, 3.8) is 0 Å². The lowest BCUT2D eigenvalue weighted by molar-refractivity contribution is 0.0953. The van der Waals surface area contributed by atoms with Crippen molar-refractivity contribution in [1.82, 2.24) is 10.3 Å². The van der Waals surface area contributed by atoms with Crippen LogP contribution in [0.2, 0.25) is 5.02 Å². The molecule has 3 nitrogen and oxygen atoms in total. The Labute approximate surface area is 140 Å². The molecule has 23 heavy (non-hydrogen) atoms. The molecule has 0 radical (unpaired) electrons. The number of Topliss-reactive ketones (excluding diaryl/α,β-unsaturated/α-hetero) is 1. The fourth-order valence-corrected chi connectivity index (χ4v) is 2.81. The second-order valence-corrected chi connectivity index (χ2v) is 6.10. The Balaban J connectivity index is 1.60. The minimum atomic E-state index is -0.221. The molecule has 0 fully saturated rings. The summed E-state index contributed by atoms with van der Waals surface area (Å²) in [7, 11) is 0. The second-order valence-electron chi connectivity index (χ2n) is 5.66. The van der Waals surface area contributed by atoms with Crippen molar-refractivity contribution in [2.24, 2.45) is 0 Å². The fraction of sp³-hybridized carbons (Fsp3) is 0.211. The molecule has 2 aromatic carbocycles. The van der Waals surface area contributed by atoms with E-state index in [2.05, 4.69) is 10.3 Å². The highest BCUT2D eigenvalue weighted by Gasteiger charge is 2.17. The number of nitrogens with one attached hydrogen (secondary N) is 2. The molecule has 0 amide bonds. The van der Waals surface area contributed by atoms with Gasteiger partial charge in [-0.2, -0.15) is 0 Å². The number of ketones is 1. The first kappa shape index (κ1) is 15.8. The van der Waals surface area contributed by atoms with Crippen LogP contribution < -0.4 is 5.32 Å². The van der Waals surface area contributed by atoms with Crippen LogP contribution in [0.15, 0.2) is 54.7 Å². The average molecular weight is 327 g/mol. The van der Waals surface area contributed by atoms with Crippen molar-refractivity contribution in [2.45, 2.75) is 19.4 Å². The number of halogens is 1. The third kappa shape index (κ3) is 3.63. The monoisotopic (exact) mass is 326 g/mol. The molecule has 118 valence electrons. The number of carbonyl (C=O) groups excluding carboxylic acids is 1. The molecule has 0 saturated heterocycles.